The second-order valence-electron chi connectivity index (χ2n) is 6.74. The van der Waals surface area contributed by atoms with E-state index in [1.165, 1.54) is 12.3 Å². The molecule has 29 heavy (non-hydrogen) atoms. The molecule has 1 aromatic carbocycles. The van der Waals surface area contributed by atoms with Crippen molar-refractivity contribution in [2.75, 3.05) is 44.2 Å². The predicted octanol–water partition coefficient (Wildman–Crippen LogP) is 1.44. The summed E-state index contributed by atoms with van der Waals surface area (Å²) in [5.74, 6) is -0.949. The summed E-state index contributed by atoms with van der Waals surface area (Å²) in [5, 5.41) is 5.65. The summed E-state index contributed by atoms with van der Waals surface area (Å²) in [6.07, 6.45) is 1.38. The van der Waals surface area contributed by atoms with Crippen LogP contribution >= 0.6 is 11.6 Å². The molecule has 0 saturated carbocycles. The van der Waals surface area contributed by atoms with Gasteiger partial charge in [-0.1, -0.05) is 17.7 Å². The van der Waals surface area contributed by atoms with Crippen molar-refractivity contribution in [3.05, 3.63) is 52.9 Å². The van der Waals surface area contributed by atoms with Crippen molar-refractivity contribution in [3.8, 4) is 0 Å². The maximum absolute atomic E-state index is 12.4. The molecule has 8 nitrogen and oxygen atoms in total. The number of furan rings is 1. The Morgan fingerprint density at radius 2 is 1.83 bits per heavy atom. The molecule has 3 amide bonds. The predicted molar refractivity (Wildman–Crippen MR) is 109 cm³/mol. The van der Waals surface area contributed by atoms with Crippen LogP contribution in [0.4, 0.5) is 5.69 Å². The number of carbonyl (C=O) groups is 3. The minimum atomic E-state index is -0.482. The molecule has 1 fully saturated rings. The van der Waals surface area contributed by atoms with Crippen LogP contribution in [0.1, 0.15) is 16.1 Å². The quantitative estimate of drug-likeness (QED) is 0.740. The van der Waals surface area contributed by atoms with E-state index < -0.39 is 11.8 Å². The van der Waals surface area contributed by atoms with Gasteiger partial charge in [0.1, 0.15) is 0 Å². The lowest BCUT2D eigenvalue weighted by atomic mass is 10.1. The van der Waals surface area contributed by atoms with E-state index in [9.17, 15) is 14.4 Å². The number of aryl methyl sites for hydroxylation is 1. The molecule has 1 saturated heterocycles. The third-order valence-electron chi connectivity index (χ3n) is 4.74. The molecule has 3 rings (SSSR count). The standard InChI is InChI=1S/C20H23ClN4O4/c1-14-4-5-15(21)11-16(14)24-6-8-25(9-7-24)19(27)13-22-18(26)12-23-20(28)17-3-2-10-29-17/h2-5,10-11H,6-9,12-13H2,1H3,(H,22,26)(H,23,28). The molecular formula is C20H23ClN4O4. The molecule has 9 heteroatoms. The molecule has 0 bridgehead atoms. The van der Waals surface area contributed by atoms with Crippen LogP contribution in [0.15, 0.2) is 41.0 Å². The minimum absolute atomic E-state index is 0.106. The number of carbonyl (C=O) groups excluding carboxylic acids is 3. The molecule has 2 aromatic rings. The van der Waals surface area contributed by atoms with Crippen molar-refractivity contribution in [2.24, 2.45) is 0 Å². The first-order valence-electron chi connectivity index (χ1n) is 9.31. The summed E-state index contributed by atoms with van der Waals surface area (Å²) in [6, 6.07) is 8.86. The summed E-state index contributed by atoms with van der Waals surface area (Å²) in [5.41, 5.74) is 2.21. The van der Waals surface area contributed by atoms with Gasteiger partial charge in [-0.05, 0) is 36.8 Å². The number of amides is 3. The van der Waals surface area contributed by atoms with E-state index in [1.807, 2.05) is 25.1 Å². The maximum atomic E-state index is 12.4. The summed E-state index contributed by atoms with van der Waals surface area (Å²) in [7, 11) is 0. The van der Waals surface area contributed by atoms with Gasteiger partial charge < -0.3 is 24.9 Å². The first-order valence-corrected chi connectivity index (χ1v) is 9.69. The van der Waals surface area contributed by atoms with Crippen LogP contribution in [-0.2, 0) is 9.59 Å². The molecule has 2 heterocycles. The molecule has 1 aliphatic rings. The summed E-state index contributed by atoms with van der Waals surface area (Å²) in [6.45, 7) is 4.22. The first-order chi connectivity index (χ1) is 13.9. The fourth-order valence-electron chi connectivity index (χ4n) is 3.12. The highest BCUT2D eigenvalue weighted by Crippen LogP contribution is 2.25. The Labute approximate surface area is 173 Å². The average molecular weight is 419 g/mol. The molecule has 1 aliphatic heterocycles. The second kappa shape index (κ2) is 9.47. The van der Waals surface area contributed by atoms with Gasteiger partial charge in [-0.2, -0.15) is 0 Å². The van der Waals surface area contributed by atoms with Crippen LogP contribution in [0.2, 0.25) is 5.02 Å². The maximum Gasteiger partial charge on any atom is 0.287 e. The Balaban J connectivity index is 1.40. The van der Waals surface area contributed by atoms with E-state index >= 15 is 0 Å². The van der Waals surface area contributed by atoms with E-state index in [0.717, 1.165) is 11.3 Å². The number of benzene rings is 1. The van der Waals surface area contributed by atoms with Gasteiger partial charge in [0.05, 0.1) is 19.4 Å². The van der Waals surface area contributed by atoms with E-state index in [0.29, 0.717) is 31.2 Å². The van der Waals surface area contributed by atoms with Crippen molar-refractivity contribution in [1.29, 1.82) is 0 Å². The number of nitrogens with one attached hydrogen (secondary N) is 2. The van der Waals surface area contributed by atoms with Crippen LogP contribution in [0.3, 0.4) is 0 Å². The zero-order chi connectivity index (χ0) is 20.8. The van der Waals surface area contributed by atoms with E-state index in [2.05, 4.69) is 15.5 Å². The van der Waals surface area contributed by atoms with Crippen molar-refractivity contribution in [1.82, 2.24) is 15.5 Å². The van der Waals surface area contributed by atoms with Crippen LogP contribution in [0.5, 0.6) is 0 Å². The zero-order valence-corrected chi connectivity index (χ0v) is 16.9. The molecule has 0 spiro atoms. The number of piperazine rings is 1. The van der Waals surface area contributed by atoms with Gasteiger partial charge in [0, 0.05) is 36.9 Å². The Kier molecular flexibility index (Phi) is 6.77. The second-order valence-corrected chi connectivity index (χ2v) is 7.17. The largest absolute Gasteiger partial charge is 0.459 e. The number of hydrogen-bond donors (Lipinski definition) is 2. The van der Waals surface area contributed by atoms with Crippen molar-refractivity contribution < 1.29 is 18.8 Å². The topological polar surface area (TPSA) is 94.9 Å². The SMILES string of the molecule is Cc1ccc(Cl)cc1N1CCN(C(=O)CNC(=O)CNC(=O)c2ccco2)CC1. The summed E-state index contributed by atoms with van der Waals surface area (Å²) < 4.78 is 4.94. The Morgan fingerprint density at radius 3 is 2.52 bits per heavy atom. The van der Waals surface area contributed by atoms with Gasteiger partial charge in [-0.15, -0.1) is 0 Å². The lowest BCUT2D eigenvalue weighted by molar-refractivity contribution is -0.132. The summed E-state index contributed by atoms with van der Waals surface area (Å²) in [4.78, 5) is 39.9. The Morgan fingerprint density at radius 1 is 1.07 bits per heavy atom. The number of nitrogens with zero attached hydrogens (tertiary/aromatic N) is 2. The van der Waals surface area contributed by atoms with Crippen LogP contribution in [-0.4, -0.2) is 61.9 Å². The normalized spacial score (nSPS) is 13.9. The molecular weight excluding hydrogens is 396 g/mol. The smallest absolute Gasteiger partial charge is 0.287 e. The highest BCUT2D eigenvalue weighted by molar-refractivity contribution is 6.30. The monoisotopic (exact) mass is 418 g/mol. The van der Waals surface area contributed by atoms with Crippen molar-refractivity contribution >= 4 is 35.0 Å². The molecule has 0 unspecified atom stereocenters. The van der Waals surface area contributed by atoms with Gasteiger partial charge in [0.2, 0.25) is 11.8 Å². The minimum Gasteiger partial charge on any atom is -0.459 e. The van der Waals surface area contributed by atoms with Crippen LogP contribution in [0.25, 0.3) is 0 Å². The molecule has 154 valence electrons. The lowest BCUT2D eigenvalue weighted by Gasteiger charge is -2.37. The number of hydrogen-bond acceptors (Lipinski definition) is 5. The lowest BCUT2D eigenvalue weighted by Crippen LogP contribution is -2.52. The van der Waals surface area contributed by atoms with Crippen LogP contribution < -0.4 is 15.5 Å². The Bertz CT molecular complexity index is 877. The first kappa shape index (κ1) is 20.7. The van der Waals surface area contributed by atoms with E-state index in [1.54, 1.807) is 11.0 Å². The van der Waals surface area contributed by atoms with Gasteiger partial charge in [0.15, 0.2) is 5.76 Å². The average Bonchev–Trinajstić information content (AvgIpc) is 3.27. The van der Waals surface area contributed by atoms with E-state index in [-0.39, 0.29) is 24.8 Å². The third kappa shape index (κ3) is 5.51. The van der Waals surface area contributed by atoms with Gasteiger partial charge >= 0.3 is 0 Å². The van der Waals surface area contributed by atoms with Crippen molar-refractivity contribution in [2.45, 2.75) is 6.92 Å². The highest BCUT2D eigenvalue weighted by Gasteiger charge is 2.22. The van der Waals surface area contributed by atoms with Gasteiger partial charge in [-0.3, -0.25) is 14.4 Å². The van der Waals surface area contributed by atoms with Crippen LogP contribution in [0, 0.1) is 6.92 Å². The highest BCUT2D eigenvalue weighted by atomic mass is 35.5. The Hall–Kier alpha value is -3.00. The number of anilines is 1. The molecule has 0 radical (unpaired) electrons. The van der Waals surface area contributed by atoms with Gasteiger partial charge in [-0.25, -0.2) is 0 Å². The third-order valence-corrected chi connectivity index (χ3v) is 4.97. The zero-order valence-electron chi connectivity index (χ0n) is 16.1. The fourth-order valence-corrected chi connectivity index (χ4v) is 3.29. The van der Waals surface area contributed by atoms with Crippen molar-refractivity contribution in [3.63, 3.8) is 0 Å². The van der Waals surface area contributed by atoms with E-state index in [4.69, 9.17) is 16.0 Å². The molecule has 2 N–H and O–H groups in total. The van der Waals surface area contributed by atoms with Gasteiger partial charge in [0.25, 0.3) is 5.91 Å². The number of halogens is 1. The fraction of sp³-hybridized carbons (Fsp3) is 0.350. The molecule has 0 aliphatic carbocycles. The molecule has 0 atom stereocenters. The molecule has 1 aromatic heterocycles. The number of rotatable bonds is 6. The summed E-state index contributed by atoms with van der Waals surface area (Å²) >= 11 is 6.10.